The van der Waals surface area contributed by atoms with Gasteiger partial charge in [-0.15, -0.1) is 35.3 Å². The van der Waals surface area contributed by atoms with Crippen molar-refractivity contribution in [2.24, 2.45) is 16.6 Å². The molecule has 4 N–H and O–H groups in total. The topological polar surface area (TPSA) is 79.5 Å². The van der Waals surface area contributed by atoms with Crippen LogP contribution >= 0.6 is 35.3 Å². The number of hydrogen-bond acceptors (Lipinski definition) is 3. The number of nitrogens with one attached hydrogen (secondary N) is 2. The molecule has 0 aliphatic heterocycles. The van der Waals surface area contributed by atoms with Crippen LogP contribution in [0.1, 0.15) is 29.2 Å². The molecule has 160 valence electrons. The highest BCUT2D eigenvalue weighted by molar-refractivity contribution is 14.0. The molecule has 2 rings (SSSR count). The van der Waals surface area contributed by atoms with Crippen molar-refractivity contribution in [3.05, 3.63) is 57.5 Å². The number of amides is 1. The number of carbonyl (C=O) groups is 1. The van der Waals surface area contributed by atoms with E-state index in [9.17, 15) is 9.18 Å². The molecule has 0 saturated heterocycles. The van der Waals surface area contributed by atoms with E-state index >= 15 is 0 Å². The van der Waals surface area contributed by atoms with Gasteiger partial charge in [-0.1, -0.05) is 12.1 Å². The molecule has 2 aromatic rings. The van der Waals surface area contributed by atoms with Gasteiger partial charge in [0.2, 0.25) is 5.91 Å². The first kappa shape index (κ1) is 25.4. The summed E-state index contributed by atoms with van der Waals surface area (Å²) in [6, 6.07) is 10.6. The Balaban J connectivity index is 0.00000420. The molecule has 1 heterocycles. The maximum atomic E-state index is 13.1. The molecule has 1 amide bonds. The average molecular weight is 532 g/mol. The van der Waals surface area contributed by atoms with Gasteiger partial charge in [-0.3, -0.25) is 9.79 Å². The third-order valence-electron chi connectivity index (χ3n) is 4.30. The second-order valence-electron chi connectivity index (χ2n) is 6.91. The predicted molar refractivity (Wildman–Crippen MR) is 130 cm³/mol. The number of aliphatic imine (C=N–C) groups is 1. The van der Waals surface area contributed by atoms with Gasteiger partial charge in [-0.05, 0) is 57.0 Å². The smallest absolute Gasteiger partial charge is 0.222 e. The van der Waals surface area contributed by atoms with E-state index < -0.39 is 11.8 Å². The fourth-order valence-electron chi connectivity index (χ4n) is 2.86. The summed E-state index contributed by atoms with van der Waals surface area (Å²) in [5.74, 6) is -0.498. The molecule has 0 radical (unpaired) electrons. The van der Waals surface area contributed by atoms with Gasteiger partial charge in [0.25, 0.3) is 0 Å². The first-order valence-corrected chi connectivity index (χ1v) is 10.3. The Labute approximate surface area is 193 Å². The molecule has 0 fully saturated rings. The van der Waals surface area contributed by atoms with Crippen molar-refractivity contribution >= 4 is 47.2 Å². The highest BCUT2D eigenvalue weighted by atomic mass is 127. The molecule has 1 aromatic heterocycles. The number of hydrogen-bond donors (Lipinski definition) is 3. The van der Waals surface area contributed by atoms with Gasteiger partial charge in [-0.2, -0.15) is 0 Å². The quantitative estimate of drug-likeness (QED) is 0.262. The van der Waals surface area contributed by atoms with Gasteiger partial charge in [0, 0.05) is 28.8 Å². The molecule has 29 heavy (non-hydrogen) atoms. The minimum atomic E-state index is -0.448. The van der Waals surface area contributed by atoms with Crippen LogP contribution in [-0.2, 0) is 17.6 Å². The number of aryl methyl sites for hydroxylation is 1. The van der Waals surface area contributed by atoms with Crippen LogP contribution in [-0.4, -0.2) is 31.0 Å². The number of carbonyl (C=O) groups excluding carboxylic acids is 1. The summed E-state index contributed by atoms with van der Waals surface area (Å²) in [5.41, 5.74) is 6.42. The lowest BCUT2D eigenvalue weighted by Crippen LogP contribution is -2.43. The molecule has 0 aliphatic rings. The van der Waals surface area contributed by atoms with Gasteiger partial charge >= 0.3 is 0 Å². The van der Waals surface area contributed by atoms with Gasteiger partial charge in [-0.25, -0.2) is 4.39 Å². The van der Waals surface area contributed by atoms with Crippen LogP contribution in [0.5, 0.6) is 0 Å². The molecular weight excluding hydrogens is 502 g/mol. The summed E-state index contributed by atoms with van der Waals surface area (Å²) >= 11 is 1.79. The number of primary amides is 1. The molecule has 5 nitrogen and oxygen atoms in total. The Morgan fingerprint density at radius 1 is 1.21 bits per heavy atom. The summed E-state index contributed by atoms with van der Waals surface area (Å²) in [7, 11) is 0. The minimum Gasteiger partial charge on any atom is -0.369 e. The maximum Gasteiger partial charge on any atom is 0.222 e. The summed E-state index contributed by atoms with van der Waals surface area (Å²) in [5, 5.41) is 6.60. The zero-order valence-electron chi connectivity index (χ0n) is 17.1. The van der Waals surface area contributed by atoms with Gasteiger partial charge < -0.3 is 16.4 Å². The second kappa shape index (κ2) is 12.8. The zero-order valence-corrected chi connectivity index (χ0v) is 20.2. The molecular formula is C21H30FIN4OS. The van der Waals surface area contributed by atoms with Gasteiger partial charge in [0.05, 0.1) is 12.5 Å². The van der Waals surface area contributed by atoms with Crippen molar-refractivity contribution in [1.82, 2.24) is 10.6 Å². The van der Waals surface area contributed by atoms with Crippen LogP contribution in [0.4, 0.5) is 4.39 Å². The largest absolute Gasteiger partial charge is 0.369 e. The standard InChI is InChI=1S/C21H29FN4OS.HI/c1-4-24-21(26-14(2)11-19-10-5-15(3)28-19)25-13-17(20(23)27)12-16-6-8-18(22)9-7-16;/h5-10,14,17H,4,11-13H2,1-3H3,(H2,23,27)(H2,24,25,26);1H. The predicted octanol–water partition coefficient (Wildman–Crippen LogP) is 3.64. The fourth-order valence-corrected chi connectivity index (χ4v) is 3.88. The monoisotopic (exact) mass is 532 g/mol. The molecule has 8 heteroatoms. The van der Waals surface area contributed by atoms with E-state index in [-0.39, 0.29) is 42.4 Å². The third-order valence-corrected chi connectivity index (χ3v) is 5.32. The molecule has 1 aromatic carbocycles. The van der Waals surface area contributed by atoms with Crippen LogP contribution in [0.3, 0.4) is 0 Å². The highest BCUT2D eigenvalue weighted by Gasteiger charge is 2.17. The Hall–Kier alpha value is -1.68. The normalized spacial score (nSPS) is 13.3. The summed E-state index contributed by atoms with van der Waals surface area (Å²) < 4.78 is 13.1. The maximum absolute atomic E-state index is 13.1. The number of thiophene rings is 1. The lowest BCUT2D eigenvalue weighted by molar-refractivity contribution is -0.121. The number of nitrogens with zero attached hydrogens (tertiary/aromatic N) is 1. The molecule has 0 spiro atoms. The van der Waals surface area contributed by atoms with Crippen LogP contribution in [0.2, 0.25) is 0 Å². The van der Waals surface area contributed by atoms with Crippen molar-refractivity contribution in [1.29, 1.82) is 0 Å². The van der Waals surface area contributed by atoms with E-state index in [1.54, 1.807) is 23.5 Å². The molecule has 2 unspecified atom stereocenters. The Bertz CT molecular complexity index is 794. The molecule has 0 aliphatic carbocycles. The Morgan fingerprint density at radius 3 is 2.45 bits per heavy atom. The lowest BCUT2D eigenvalue weighted by Gasteiger charge is -2.18. The SMILES string of the molecule is CCNC(=NCC(Cc1ccc(F)cc1)C(N)=O)NC(C)Cc1ccc(C)s1.I. The number of rotatable bonds is 9. The number of guanidine groups is 1. The molecule has 0 saturated carbocycles. The van der Waals surface area contributed by atoms with Crippen molar-refractivity contribution in [3.63, 3.8) is 0 Å². The van der Waals surface area contributed by atoms with E-state index in [0.717, 1.165) is 18.5 Å². The van der Waals surface area contributed by atoms with E-state index in [4.69, 9.17) is 5.73 Å². The summed E-state index contributed by atoms with van der Waals surface area (Å²) in [4.78, 5) is 19.0. The van der Waals surface area contributed by atoms with Crippen LogP contribution in [0.25, 0.3) is 0 Å². The van der Waals surface area contributed by atoms with Crippen LogP contribution in [0.15, 0.2) is 41.4 Å². The lowest BCUT2D eigenvalue weighted by atomic mass is 9.99. The van der Waals surface area contributed by atoms with E-state index in [0.29, 0.717) is 12.4 Å². The fraction of sp³-hybridized carbons (Fsp3) is 0.429. The average Bonchev–Trinajstić information content (AvgIpc) is 3.04. The van der Waals surface area contributed by atoms with Gasteiger partial charge in [0.15, 0.2) is 5.96 Å². The molecule has 2 atom stereocenters. The summed E-state index contributed by atoms with van der Waals surface area (Å²) in [6.07, 6.45) is 1.33. The second-order valence-corrected chi connectivity index (χ2v) is 8.28. The van der Waals surface area contributed by atoms with E-state index in [1.807, 2.05) is 6.92 Å². The van der Waals surface area contributed by atoms with Crippen molar-refractivity contribution < 1.29 is 9.18 Å². The summed E-state index contributed by atoms with van der Waals surface area (Å²) in [6.45, 7) is 7.19. The van der Waals surface area contributed by atoms with Crippen LogP contribution in [0, 0.1) is 18.7 Å². The Kier molecular flexibility index (Phi) is 11.2. The first-order chi connectivity index (χ1) is 13.4. The Morgan fingerprint density at radius 2 is 1.90 bits per heavy atom. The first-order valence-electron chi connectivity index (χ1n) is 9.51. The van der Waals surface area contributed by atoms with Gasteiger partial charge in [0.1, 0.15) is 5.82 Å². The van der Waals surface area contributed by atoms with E-state index in [1.165, 1.54) is 21.9 Å². The van der Waals surface area contributed by atoms with Crippen LogP contribution < -0.4 is 16.4 Å². The van der Waals surface area contributed by atoms with Crippen molar-refractivity contribution in [2.45, 2.75) is 39.7 Å². The van der Waals surface area contributed by atoms with Crippen molar-refractivity contribution in [3.8, 4) is 0 Å². The minimum absolute atomic E-state index is 0. The third kappa shape index (κ3) is 9.12. The zero-order chi connectivity index (χ0) is 20.5. The number of nitrogens with two attached hydrogens (primary N) is 1. The molecule has 0 bridgehead atoms. The van der Waals surface area contributed by atoms with Crippen molar-refractivity contribution in [2.75, 3.05) is 13.1 Å². The number of benzene rings is 1. The highest BCUT2D eigenvalue weighted by Crippen LogP contribution is 2.16. The van der Waals surface area contributed by atoms with E-state index in [2.05, 4.69) is 41.6 Å². The number of halogens is 2.